The number of H-pyrrole nitrogens is 1. The van der Waals surface area contributed by atoms with E-state index in [1.165, 1.54) is 6.20 Å². The van der Waals surface area contributed by atoms with Crippen LogP contribution in [0.2, 0.25) is 0 Å². The molecule has 0 radical (unpaired) electrons. The molecule has 0 spiro atoms. The van der Waals surface area contributed by atoms with Crippen molar-refractivity contribution in [2.75, 3.05) is 0 Å². The first-order valence-corrected chi connectivity index (χ1v) is 5.44. The largest absolute Gasteiger partial charge is 0.513 e. The van der Waals surface area contributed by atoms with Crippen LogP contribution in [0.4, 0.5) is 0 Å². The van der Waals surface area contributed by atoms with Gasteiger partial charge in [-0.05, 0) is 34.1 Å². The first-order chi connectivity index (χ1) is 10.5. The minimum absolute atomic E-state index is 0.300. The Balaban J connectivity index is 2.32. The molecule has 17 heavy (non-hydrogen) atoms. The van der Waals surface area contributed by atoms with E-state index in [2.05, 4.69) is 9.97 Å². The monoisotopic (exact) mass is 243 g/mol. The maximum absolute atomic E-state index is 7.92. The molecule has 0 aromatic carbocycles. The van der Waals surface area contributed by atoms with Crippen LogP contribution < -0.4 is 5.59 Å². The van der Waals surface area contributed by atoms with Gasteiger partial charge in [0.2, 0.25) is 0 Å². The molecule has 1 aliphatic heterocycles. The number of hydrogen-bond acceptors (Lipinski definition) is 3. The van der Waals surface area contributed by atoms with Crippen molar-refractivity contribution in [3.05, 3.63) is 12.0 Å². The second kappa shape index (κ2) is 4.14. The highest BCUT2D eigenvalue weighted by molar-refractivity contribution is 6.61. The summed E-state index contributed by atoms with van der Waals surface area (Å²) >= 11 is 0. The van der Waals surface area contributed by atoms with E-state index in [9.17, 15) is 0 Å². The minimum atomic E-state index is -3.15. The molecule has 2 rings (SSSR count). The van der Waals surface area contributed by atoms with Crippen LogP contribution in [-0.4, -0.2) is 28.3 Å². The number of imidazole rings is 1. The summed E-state index contributed by atoms with van der Waals surface area (Å²) in [5.41, 5.74) is -0.904. The predicted molar refractivity (Wildman–Crippen MR) is 68.3 cm³/mol. The molecule has 0 aliphatic carbocycles. The van der Waals surface area contributed by atoms with Crippen molar-refractivity contribution in [3.63, 3.8) is 0 Å². The molecule has 1 aromatic heterocycles. The number of nitrogens with zero attached hydrogens (tertiary/aromatic N) is 1. The predicted octanol–water partition coefficient (Wildman–Crippen LogP) is 1.66. The smallest absolute Gasteiger partial charge is 0.398 e. The summed E-state index contributed by atoms with van der Waals surface area (Å²) in [6, 6.07) is 0. The maximum atomic E-state index is 7.92. The Morgan fingerprint density at radius 1 is 1.41 bits per heavy atom. The topological polar surface area (TPSA) is 47.1 Å². The van der Waals surface area contributed by atoms with Gasteiger partial charge in [0.15, 0.2) is 0 Å². The van der Waals surface area contributed by atoms with E-state index in [1.807, 2.05) is 27.7 Å². The Kier molecular flexibility index (Phi) is 1.56. The highest BCUT2D eigenvalue weighted by Crippen LogP contribution is 2.36. The third kappa shape index (κ3) is 2.26. The van der Waals surface area contributed by atoms with Crippen LogP contribution in [0, 0.1) is 0 Å². The first-order valence-electron chi connectivity index (χ1n) is 8.94. The molecule has 5 heteroatoms. The number of aromatic amines is 1. The Labute approximate surface area is 113 Å². The van der Waals surface area contributed by atoms with Crippen molar-refractivity contribution in [2.24, 2.45) is 0 Å². The Hall–Kier alpha value is -0.805. The molecule has 1 N–H and O–H groups in total. The van der Waals surface area contributed by atoms with Gasteiger partial charge in [-0.2, -0.15) is 0 Å². The lowest BCUT2D eigenvalue weighted by Crippen LogP contribution is -2.41. The summed E-state index contributed by atoms with van der Waals surface area (Å²) in [7, 11) is -0.828. The van der Waals surface area contributed by atoms with Gasteiger partial charge in [-0.15, -0.1) is 0 Å². The second-order valence-corrected chi connectivity index (χ2v) is 5.03. The fourth-order valence-corrected chi connectivity index (χ4v) is 1.55. The second-order valence-electron chi connectivity index (χ2n) is 5.03. The Morgan fingerprint density at radius 2 is 2.06 bits per heavy atom. The third-order valence-electron chi connectivity index (χ3n) is 3.28. The Bertz CT molecular complexity index is 611. The lowest BCUT2D eigenvalue weighted by atomic mass is 9.86. The molecule has 4 nitrogen and oxygen atoms in total. The molecule has 1 aromatic rings. The number of aryl methyl sites for hydroxylation is 1. The van der Waals surface area contributed by atoms with Crippen molar-refractivity contribution < 1.29 is 18.9 Å². The number of nitrogens with one attached hydrogen (secondary N) is 1. The molecule has 1 saturated heterocycles. The van der Waals surface area contributed by atoms with Crippen molar-refractivity contribution >= 4 is 12.7 Å². The molecule has 1 fully saturated rings. The highest BCUT2D eigenvalue weighted by Gasteiger charge is 2.52. The van der Waals surface area contributed by atoms with Gasteiger partial charge in [-0.3, -0.25) is 0 Å². The van der Waals surface area contributed by atoms with E-state index < -0.39 is 43.7 Å². The van der Waals surface area contributed by atoms with Gasteiger partial charge in [0.05, 0.1) is 16.8 Å². The van der Waals surface area contributed by atoms with Crippen LogP contribution in [0.3, 0.4) is 0 Å². The van der Waals surface area contributed by atoms with E-state index in [0.717, 1.165) is 0 Å². The van der Waals surface area contributed by atoms with Gasteiger partial charge >= 0.3 is 7.12 Å². The number of aromatic nitrogens is 2. The number of hydrogen-bond donors (Lipinski definition) is 1. The van der Waals surface area contributed by atoms with Crippen LogP contribution in [0.25, 0.3) is 0 Å². The zero-order chi connectivity index (χ0) is 18.8. The first kappa shape index (κ1) is 6.39. The standard InChI is InChI=1S/C12H21BN2O2/c1-6-7-10-14-8-9(15-10)13-16-11(2,3)12(4,5)17-13/h8H,6-7H2,1-5H3,(H,14,15)/i1D3,6D2,7D2. The summed E-state index contributed by atoms with van der Waals surface area (Å²) in [5, 5.41) is 0. The van der Waals surface area contributed by atoms with Gasteiger partial charge in [0.1, 0.15) is 5.82 Å². The molecule has 1 aliphatic rings. The summed E-state index contributed by atoms with van der Waals surface area (Å²) in [6.07, 6.45) is -4.70. The van der Waals surface area contributed by atoms with Gasteiger partial charge < -0.3 is 14.3 Å². The van der Waals surface area contributed by atoms with Gasteiger partial charge in [0.25, 0.3) is 0 Å². The molecule has 2 heterocycles. The van der Waals surface area contributed by atoms with Crippen LogP contribution in [0.15, 0.2) is 6.20 Å². The quantitative estimate of drug-likeness (QED) is 0.821. The molecule has 0 bridgehead atoms. The van der Waals surface area contributed by atoms with Crippen molar-refractivity contribution in [1.82, 2.24) is 9.97 Å². The van der Waals surface area contributed by atoms with Crippen molar-refractivity contribution in [3.8, 4) is 0 Å². The average Bonchev–Trinajstić information content (AvgIpc) is 2.92. The Morgan fingerprint density at radius 3 is 2.65 bits per heavy atom. The van der Waals surface area contributed by atoms with E-state index in [-0.39, 0.29) is 0 Å². The maximum Gasteiger partial charge on any atom is 0.513 e. The van der Waals surface area contributed by atoms with Gasteiger partial charge in [-0.25, -0.2) is 4.98 Å². The van der Waals surface area contributed by atoms with E-state index in [0.29, 0.717) is 5.59 Å². The molecule has 0 unspecified atom stereocenters. The van der Waals surface area contributed by atoms with Crippen LogP contribution in [0.1, 0.15) is 56.3 Å². The normalized spacial score (nSPS) is 30.6. The zero-order valence-corrected chi connectivity index (χ0v) is 10.4. The van der Waals surface area contributed by atoms with Gasteiger partial charge in [0, 0.05) is 22.2 Å². The van der Waals surface area contributed by atoms with Crippen molar-refractivity contribution in [2.45, 2.75) is 58.5 Å². The fourth-order valence-electron chi connectivity index (χ4n) is 1.55. The molecule has 0 atom stereocenters. The zero-order valence-electron chi connectivity index (χ0n) is 17.4. The molecule has 94 valence electrons. The average molecular weight is 243 g/mol. The third-order valence-corrected chi connectivity index (χ3v) is 3.28. The number of rotatable bonds is 3. The van der Waals surface area contributed by atoms with E-state index >= 15 is 0 Å². The summed E-state index contributed by atoms with van der Waals surface area (Å²) < 4.78 is 64.5. The summed E-state index contributed by atoms with van der Waals surface area (Å²) in [4.78, 5) is 6.45. The van der Waals surface area contributed by atoms with Crippen LogP contribution >= 0.6 is 0 Å². The summed E-state index contributed by atoms with van der Waals surface area (Å²) in [6.45, 7) is 4.29. The van der Waals surface area contributed by atoms with Crippen molar-refractivity contribution in [1.29, 1.82) is 0 Å². The molecule has 0 saturated carbocycles. The highest BCUT2D eigenvalue weighted by atomic mass is 16.7. The lowest BCUT2D eigenvalue weighted by molar-refractivity contribution is 0.00578. The fraction of sp³-hybridized carbons (Fsp3) is 0.750. The lowest BCUT2D eigenvalue weighted by Gasteiger charge is -2.32. The molecule has 0 amide bonds. The van der Waals surface area contributed by atoms with Crippen LogP contribution in [0.5, 0.6) is 0 Å². The van der Waals surface area contributed by atoms with E-state index in [4.69, 9.17) is 18.9 Å². The minimum Gasteiger partial charge on any atom is -0.398 e. The molecular weight excluding hydrogens is 215 g/mol. The summed E-state index contributed by atoms with van der Waals surface area (Å²) in [5.74, 6) is -0.423. The SMILES string of the molecule is [2H]C([2H])([2H])C([2H])([2H])C([2H])([2H])c1ncc(B2OC(C)(C)C(C)(C)O2)[nH]1. The van der Waals surface area contributed by atoms with Crippen LogP contribution in [-0.2, 0) is 15.7 Å². The van der Waals surface area contributed by atoms with Gasteiger partial charge in [-0.1, -0.05) is 6.85 Å². The molecular formula is C12H21BN2O2. The van der Waals surface area contributed by atoms with E-state index in [1.54, 1.807) is 0 Å².